The summed E-state index contributed by atoms with van der Waals surface area (Å²) in [7, 11) is 0. The van der Waals surface area contributed by atoms with Gasteiger partial charge in [0.15, 0.2) is 0 Å². The van der Waals surface area contributed by atoms with Crippen LogP contribution in [-0.4, -0.2) is 34.9 Å². The van der Waals surface area contributed by atoms with Crippen LogP contribution >= 0.6 is 11.3 Å². The number of anilines is 3. The topological polar surface area (TPSA) is 87.2 Å². The minimum Gasteiger partial charge on any atom is -0.369 e. The molecule has 2 N–H and O–H groups in total. The van der Waals surface area contributed by atoms with Crippen molar-refractivity contribution in [3.05, 3.63) is 40.5 Å². The Morgan fingerprint density at radius 1 is 1.24 bits per heavy atom. The van der Waals surface area contributed by atoms with Gasteiger partial charge in [0.05, 0.1) is 5.39 Å². The molecule has 0 unspecified atom stereocenters. The van der Waals surface area contributed by atoms with Crippen molar-refractivity contribution in [2.75, 3.05) is 28.6 Å². The van der Waals surface area contributed by atoms with Gasteiger partial charge in [-0.25, -0.2) is 9.97 Å². The third-order valence-electron chi connectivity index (χ3n) is 5.25. The Morgan fingerprint density at radius 2 is 2.07 bits per heavy atom. The maximum atomic E-state index is 12.4. The van der Waals surface area contributed by atoms with E-state index < -0.39 is 0 Å². The van der Waals surface area contributed by atoms with E-state index in [0.717, 1.165) is 39.4 Å². The molecule has 4 rings (SSSR count). The molecule has 29 heavy (non-hydrogen) atoms. The van der Waals surface area contributed by atoms with E-state index in [1.165, 1.54) is 10.4 Å². The quantitative estimate of drug-likeness (QED) is 0.672. The minimum atomic E-state index is -0.0672. The van der Waals surface area contributed by atoms with Crippen LogP contribution in [0.2, 0.25) is 0 Å². The summed E-state index contributed by atoms with van der Waals surface area (Å²) in [6, 6.07) is 5.70. The highest BCUT2D eigenvalue weighted by molar-refractivity contribution is 7.18. The molecule has 2 aromatic heterocycles. The third kappa shape index (κ3) is 3.80. The molecule has 1 aliphatic rings. The van der Waals surface area contributed by atoms with Crippen LogP contribution in [0.5, 0.6) is 0 Å². The lowest BCUT2D eigenvalue weighted by Gasteiger charge is -2.15. The van der Waals surface area contributed by atoms with Crippen LogP contribution in [0, 0.1) is 13.8 Å². The van der Waals surface area contributed by atoms with Crippen LogP contribution in [0.25, 0.3) is 10.2 Å². The molecular formula is C21H23N5O2S. The van der Waals surface area contributed by atoms with E-state index in [1.54, 1.807) is 29.5 Å². The Balaban J connectivity index is 1.36. The molecule has 3 aromatic rings. The zero-order valence-electron chi connectivity index (χ0n) is 16.7. The standard InChI is InChI=1S/C21H23N5O2S/c1-12-13(2)29-21-19(12)20(23-11-24-21)22-8-6-18(28)25-16-4-5-17-15(10-16)7-9-26(17)14(3)27/h4-5,10-11H,6-9H2,1-3H3,(H,25,28)(H,22,23,24). The number of hydrogen-bond acceptors (Lipinski definition) is 6. The predicted octanol–water partition coefficient (Wildman–Crippen LogP) is 3.66. The molecule has 0 saturated heterocycles. The second-order valence-electron chi connectivity index (χ2n) is 7.17. The van der Waals surface area contributed by atoms with Gasteiger partial charge in [-0.1, -0.05) is 0 Å². The van der Waals surface area contributed by atoms with Crippen molar-refractivity contribution in [1.82, 2.24) is 9.97 Å². The zero-order chi connectivity index (χ0) is 20.5. The summed E-state index contributed by atoms with van der Waals surface area (Å²) in [5.74, 6) is 0.746. The number of amides is 2. The van der Waals surface area contributed by atoms with Crippen molar-refractivity contribution < 1.29 is 9.59 Å². The summed E-state index contributed by atoms with van der Waals surface area (Å²) >= 11 is 1.65. The number of nitrogens with zero attached hydrogens (tertiary/aromatic N) is 3. The Bertz CT molecular complexity index is 1110. The molecule has 0 spiro atoms. The first-order chi connectivity index (χ1) is 13.9. The van der Waals surface area contributed by atoms with Crippen LogP contribution < -0.4 is 15.5 Å². The number of aromatic nitrogens is 2. The van der Waals surface area contributed by atoms with Crippen molar-refractivity contribution >= 4 is 50.6 Å². The number of rotatable bonds is 5. The molecule has 0 aliphatic carbocycles. The Hall–Kier alpha value is -3.00. The highest BCUT2D eigenvalue weighted by Crippen LogP contribution is 2.32. The molecule has 1 aromatic carbocycles. The van der Waals surface area contributed by atoms with Gasteiger partial charge in [-0.3, -0.25) is 9.59 Å². The molecule has 8 heteroatoms. The first kappa shape index (κ1) is 19.3. The molecular weight excluding hydrogens is 386 g/mol. The second kappa shape index (κ2) is 7.79. The van der Waals surface area contributed by atoms with Crippen molar-refractivity contribution in [1.29, 1.82) is 0 Å². The Labute approximate surface area is 173 Å². The Morgan fingerprint density at radius 3 is 2.86 bits per heavy atom. The zero-order valence-corrected chi connectivity index (χ0v) is 17.5. The van der Waals surface area contributed by atoms with E-state index >= 15 is 0 Å². The average molecular weight is 410 g/mol. The second-order valence-corrected chi connectivity index (χ2v) is 8.38. The van der Waals surface area contributed by atoms with Crippen molar-refractivity contribution in [2.45, 2.75) is 33.6 Å². The van der Waals surface area contributed by atoms with Gasteiger partial charge in [-0.2, -0.15) is 0 Å². The summed E-state index contributed by atoms with van der Waals surface area (Å²) in [6.45, 7) is 6.89. The van der Waals surface area contributed by atoms with E-state index in [9.17, 15) is 9.59 Å². The van der Waals surface area contributed by atoms with Crippen LogP contribution in [-0.2, 0) is 16.0 Å². The van der Waals surface area contributed by atoms with Gasteiger partial charge in [0.1, 0.15) is 17.0 Å². The number of aryl methyl sites for hydroxylation is 2. The van der Waals surface area contributed by atoms with E-state index in [1.807, 2.05) is 18.2 Å². The highest BCUT2D eigenvalue weighted by atomic mass is 32.1. The predicted molar refractivity (Wildman–Crippen MR) is 117 cm³/mol. The van der Waals surface area contributed by atoms with Gasteiger partial charge in [0.2, 0.25) is 11.8 Å². The maximum Gasteiger partial charge on any atom is 0.226 e. The number of nitrogens with one attached hydrogen (secondary N) is 2. The number of carbonyl (C=O) groups excluding carboxylic acids is 2. The van der Waals surface area contributed by atoms with Gasteiger partial charge in [0.25, 0.3) is 0 Å². The molecule has 0 atom stereocenters. The normalized spacial score (nSPS) is 12.9. The molecule has 3 heterocycles. The van der Waals surface area contributed by atoms with Crippen LogP contribution in [0.4, 0.5) is 17.2 Å². The fourth-order valence-corrected chi connectivity index (χ4v) is 4.64. The summed E-state index contributed by atoms with van der Waals surface area (Å²) in [4.78, 5) is 36.6. The maximum absolute atomic E-state index is 12.4. The number of carbonyl (C=O) groups is 2. The molecule has 0 bridgehead atoms. The molecule has 0 fully saturated rings. The van der Waals surface area contributed by atoms with E-state index in [2.05, 4.69) is 34.4 Å². The fourth-order valence-electron chi connectivity index (χ4n) is 3.64. The van der Waals surface area contributed by atoms with Crippen LogP contribution in [0.1, 0.15) is 29.3 Å². The molecule has 150 valence electrons. The summed E-state index contributed by atoms with van der Waals surface area (Å²) in [5, 5.41) is 7.24. The number of fused-ring (bicyclic) bond motifs is 2. The third-order valence-corrected chi connectivity index (χ3v) is 6.36. The van der Waals surface area contributed by atoms with E-state index in [0.29, 0.717) is 19.5 Å². The minimum absolute atomic E-state index is 0.0430. The van der Waals surface area contributed by atoms with Crippen molar-refractivity contribution in [2.24, 2.45) is 0 Å². The number of hydrogen-bond donors (Lipinski definition) is 2. The van der Waals surface area contributed by atoms with Gasteiger partial charge >= 0.3 is 0 Å². The monoisotopic (exact) mass is 409 g/mol. The lowest BCUT2D eigenvalue weighted by molar-refractivity contribution is -0.117. The van der Waals surface area contributed by atoms with Gasteiger partial charge in [-0.15, -0.1) is 11.3 Å². The largest absolute Gasteiger partial charge is 0.369 e. The molecule has 0 radical (unpaired) electrons. The highest BCUT2D eigenvalue weighted by Gasteiger charge is 2.22. The molecule has 2 amide bonds. The molecule has 7 nitrogen and oxygen atoms in total. The lowest BCUT2D eigenvalue weighted by Crippen LogP contribution is -2.25. The van der Waals surface area contributed by atoms with E-state index in [4.69, 9.17) is 0 Å². The van der Waals surface area contributed by atoms with Crippen LogP contribution in [0.3, 0.4) is 0 Å². The van der Waals surface area contributed by atoms with Gasteiger partial charge in [0, 0.05) is 42.7 Å². The van der Waals surface area contributed by atoms with Gasteiger partial charge in [-0.05, 0) is 49.6 Å². The van der Waals surface area contributed by atoms with Crippen molar-refractivity contribution in [3.8, 4) is 0 Å². The fraction of sp³-hybridized carbons (Fsp3) is 0.333. The summed E-state index contributed by atoms with van der Waals surface area (Å²) < 4.78 is 0. The lowest BCUT2D eigenvalue weighted by atomic mass is 10.1. The summed E-state index contributed by atoms with van der Waals surface area (Å²) in [6.07, 6.45) is 2.68. The number of benzene rings is 1. The first-order valence-electron chi connectivity index (χ1n) is 9.59. The van der Waals surface area contributed by atoms with Crippen molar-refractivity contribution in [3.63, 3.8) is 0 Å². The average Bonchev–Trinajstić information content (AvgIpc) is 3.23. The number of thiophene rings is 1. The van der Waals surface area contributed by atoms with E-state index in [-0.39, 0.29) is 11.8 Å². The SMILES string of the molecule is CC(=O)N1CCc2cc(NC(=O)CCNc3ncnc4sc(C)c(C)c34)ccc21. The van der Waals surface area contributed by atoms with Crippen LogP contribution in [0.15, 0.2) is 24.5 Å². The summed E-state index contributed by atoms with van der Waals surface area (Å²) in [5.41, 5.74) is 3.96. The molecule has 0 saturated carbocycles. The smallest absolute Gasteiger partial charge is 0.226 e. The Kier molecular flexibility index (Phi) is 5.19. The van der Waals surface area contributed by atoms with Gasteiger partial charge < -0.3 is 15.5 Å². The first-order valence-corrected chi connectivity index (χ1v) is 10.4. The molecule has 1 aliphatic heterocycles.